The lowest BCUT2D eigenvalue weighted by molar-refractivity contribution is 0.102. The summed E-state index contributed by atoms with van der Waals surface area (Å²) < 4.78 is 28.6. The predicted octanol–water partition coefficient (Wildman–Crippen LogP) is 5.48. The van der Waals surface area contributed by atoms with E-state index in [9.17, 15) is 13.2 Å². The molecule has 2 N–H and O–H groups in total. The third-order valence-electron chi connectivity index (χ3n) is 4.96. The van der Waals surface area contributed by atoms with E-state index in [0.29, 0.717) is 11.3 Å². The molecule has 156 valence electrons. The number of amides is 1. The number of carbonyl (C=O) groups is 1. The van der Waals surface area contributed by atoms with E-state index in [2.05, 4.69) is 23.9 Å². The lowest BCUT2D eigenvalue weighted by atomic mass is 10.0. The third-order valence-corrected chi connectivity index (χ3v) is 6.47. The maximum absolute atomic E-state index is 13.0. The number of benzene rings is 3. The van der Waals surface area contributed by atoms with Crippen LogP contribution in [0.25, 0.3) is 0 Å². The van der Waals surface area contributed by atoms with E-state index in [-0.39, 0.29) is 22.3 Å². The van der Waals surface area contributed by atoms with Crippen molar-refractivity contribution in [3.8, 4) is 0 Å². The molecule has 1 amide bonds. The van der Waals surface area contributed by atoms with Gasteiger partial charge in [-0.3, -0.25) is 9.52 Å². The maximum Gasteiger partial charge on any atom is 0.262 e. The molecule has 0 aromatic heterocycles. The summed E-state index contributed by atoms with van der Waals surface area (Å²) in [6.45, 7) is 7.65. The Kier molecular flexibility index (Phi) is 6.27. The fourth-order valence-corrected chi connectivity index (χ4v) is 4.63. The molecule has 0 saturated heterocycles. The molecule has 0 atom stereocenters. The highest BCUT2D eigenvalue weighted by molar-refractivity contribution is 7.92. The second-order valence-electron chi connectivity index (χ2n) is 7.60. The lowest BCUT2D eigenvalue weighted by Gasteiger charge is -2.15. The second kappa shape index (κ2) is 8.71. The van der Waals surface area contributed by atoms with Crippen molar-refractivity contribution in [3.63, 3.8) is 0 Å². The molecule has 0 bridgehead atoms. The van der Waals surface area contributed by atoms with E-state index in [1.54, 1.807) is 31.2 Å². The summed E-state index contributed by atoms with van der Waals surface area (Å²) in [5.74, 6) is -0.107. The monoisotopic (exact) mass is 422 g/mol. The van der Waals surface area contributed by atoms with Crippen molar-refractivity contribution >= 4 is 27.3 Å². The average Bonchev–Trinajstić information content (AvgIpc) is 2.70. The summed E-state index contributed by atoms with van der Waals surface area (Å²) >= 11 is 0. The molecule has 6 heteroatoms. The maximum atomic E-state index is 13.0. The lowest BCUT2D eigenvalue weighted by Crippen LogP contribution is -2.18. The van der Waals surface area contributed by atoms with E-state index < -0.39 is 10.0 Å². The van der Waals surface area contributed by atoms with Crippen molar-refractivity contribution in [2.75, 3.05) is 10.0 Å². The standard InChI is InChI=1S/C24H26N2O3S/c1-16(2)20-10-6-8-12-22(20)25-24(27)19-14-13-18(4)23(15-19)30(28,29)26-21-11-7-5-9-17(21)3/h5-16,26H,1-4H3,(H,25,27). The summed E-state index contributed by atoms with van der Waals surface area (Å²) in [5.41, 5.74) is 3.92. The van der Waals surface area contributed by atoms with Gasteiger partial charge in [0.05, 0.1) is 10.6 Å². The number of rotatable bonds is 6. The van der Waals surface area contributed by atoms with Crippen LogP contribution in [0.4, 0.5) is 11.4 Å². The van der Waals surface area contributed by atoms with Crippen LogP contribution in [0.2, 0.25) is 0 Å². The molecule has 3 rings (SSSR count). The van der Waals surface area contributed by atoms with Gasteiger partial charge in [-0.25, -0.2) is 8.42 Å². The summed E-state index contributed by atoms with van der Waals surface area (Å²) in [5, 5.41) is 2.91. The Morgan fingerprint density at radius 2 is 1.47 bits per heavy atom. The summed E-state index contributed by atoms with van der Waals surface area (Å²) in [6, 6.07) is 19.5. The Balaban J connectivity index is 1.92. The second-order valence-corrected chi connectivity index (χ2v) is 9.25. The molecule has 3 aromatic rings. The SMILES string of the molecule is Cc1ccccc1NS(=O)(=O)c1cc(C(=O)Nc2ccccc2C(C)C)ccc1C. The normalized spacial score (nSPS) is 11.4. The van der Waals surface area contributed by atoms with Gasteiger partial charge in [0.1, 0.15) is 0 Å². The molecule has 0 aliphatic heterocycles. The number of aryl methyl sites for hydroxylation is 2. The number of carbonyl (C=O) groups excluding carboxylic acids is 1. The highest BCUT2D eigenvalue weighted by atomic mass is 32.2. The van der Waals surface area contributed by atoms with Crippen molar-refractivity contribution < 1.29 is 13.2 Å². The van der Waals surface area contributed by atoms with Gasteiger partial charge in [-0.1, -0.05) is 56.3 Å². The molecule has 0 aliphatic carbocycles. The zero-order chi connectivity index (χ0) is 21.9. The molecule has 0 fully saturated rings. The summed E-state index contributed by atoms with van der Waals surface area (Å²) in [7, 11) is -3.85. The molecule has 0 heterocycles. The predicted molar refractivity (Wildman–Crippen MR) is 122 cm³/mol. The summed E-state index contributed by atoms with van der Waals surface area (Å²) in [4.78, 5) is 12.9. The van der Waals surface area contributed by atoms with Crippen LogP contribution in [-0.2, 0) is 10.0 Å². The molecule has 0 radical (unpaired) electrons. The topological polar surface area (TPSA) is 75.3 Å². The third kappa shape index (κ3) is 4.71. The number of sulfonamides is 1. The van der Waals surface area contributed by atoms with Crippen LogP contribution in [0.15, 0.2) is 71.6 Å². The van der Waals surface area contributed by atoms with E-state index in [1.165, 1.54) is 6.07 Å². The zero-order valence-electron chi connectivity index (χ0n) is 17.6. The molecule has 0 saturated carbocycles. The van der Waals surface area contributed by atoms with Gasteiger partial charge in [0.25, 0.3) is 15.9 Å². The van der Waals surface area contributed by atoms with Crippen LogP contribution in [-0.4, -0.2) is 14.3 Å². The molecule has 3 aromatic carbocycles. The van der Waals surface area contributed by atoms with E-state index in [0.717, 1.165) is 16.8 Å². The Morgan fingerprint density at radius 1 is 0.833 bits per heavy atom. The van der Waals surface area contributed by atoms with Crippen molar-refractivity contribution in [3.05, 3.63) is 89.0 Å². The van der Waals surface area contributed by atoms with Crippen LogP contribution in [0.5, 0.6) is 0 Å². The first-order chi connectivity index (χ1) is 14.2. The average molecular weight is 423 g/mol. The van der Waals surface area contributed by atoms with E-state index in [4.69, 9.17) is 0 Å². The first kappa shape index (κ1) is 21.6. The first-order valence-electron chi connectivity index (χ1n) is 9.78. The van der Waals surface area contributed by atoms with Gasteiger partial charge >= 0.3 is 0 Å². The van der Waals surface area contributed by atoms with Gasteiger partial charge < -0.3 is 5.32 Å². The van der Waals surface area contributed by atoms with Gasteiger partial charge in [0, 0.05) is 11.3 Å². The van der Waals surface area contributed by atoms with Gasteiger partial charge in [0.2, 0.25) is 0 Å². The molecular weight excluding hydrogens is 396 g/mol. The highest BCUT2D eigenvalue weighted by Gasteiger charge is 2.20. The number of hydrogen-bond acceptors (Lipinski definition) is 3. The largest absolute Gasteiger partial charge is 0.322 e. The van der Waals surface area contributed by atoms with E-state index >= 15 is 0 Å². The smallest absolute Gasteiger partial charge is 0.262 e. The molecule has 0 aliphatic rings. The fourth-order valence-electron chi connectivity index (χ4n) is 3.23. The van der Waals surface area contributed by atoms with Gasteiger partial charge in [-0.05, 0) is 60.7 Å². The minimum absolute atomic E-state index is 0.0792. The van der Waals surface area contributed by atoms with Crippen LogP contribution in [0.3, 0.4) is 0 Å². The Hall–Kier alpha value is -3.12. The van der Waals surface area contributed by atoms with Crippen LogP contribution in [0, 0.1) is 13.8 Å². The van der Waals surface area contributed by atoms with E-state index in [1.807, 2.05) is 43.3 Å². The minimum atomic E-state index is -3.85. The fraction of sp³-hybridized carbons (Fsp3) is 0.208. The molecule has 0 unspecified atom stereocenters. The Morgan fingerprint density at radius 3 is 2.13 bits per heavy atom. The van der Waals surface area contributed by atoms with Crippen molar-refractivity contribution in [1.29, 1.82) is 0 Å². The molecule has 0 spiro atoms. The van der Waals surface area contributed by atoms with Crippen molar-refractivity contribution in [2.24, 2.45) is 0 Å². The van der Waals surface area contributed by atoms with Crippen LogP contribution >= 0.6 is 0 Å². The summed E-state index contributed by atoms with van der Waals surface area (Å²) in [6.07, 6.45) is 0. The highest BCUT2D eigenvalue weighted by Crippen LogP contribution is 2.26. The van der Waals surface area contributed by atoms with Gasteiger partial charge in [-0.15, -0.1) is 0 Å². The minimum Gasteiger partial charge on any atom is -0.322 e. The number of hydrogen-bond donors (Lipinski definition) is 2. The molecule has 5 nitrogen and oxygen atoms in total. The van der Waals surface area contributed by atoms with Crippen LogP contribution < -0.4 is 10.0 Å². The van der Waals surface area contributed by atoms with Crippen molar-refractivity contribution in [1.82, 2.24) is 0 Å². The zero-order valence-corrected chi connectivity index (χ0v) is 18.4. The molecular formula is C24H26N2O3S. The number of anilines is 2. The number of nitrogens with one attached hydrogen (secondary N) is 2. The van der Waals surface area contributed by atoms with Crippen molar-refractivity contribution in [2.45, 2.75) is 38.5 Å². The molecule has 30 heavy (non-hydrogen) atoms. The Labute approximate surface area is 178 Å². The van der Waals surface area contributed by atoms with Gasteiger partial charge in [0.15, 0.2) is 0 Å². The van der Waals surface area contributed by atoms with Crippen LogP contribution in [0.1, 0.15) is 46.8 Å². The van der Waals surface area contributed by atoms with Gasteiger partial charge in [-0.2, -0.15) is 0 Å². The Bertz CT molecular complexity index is 1180. The quantitative estimate of drug-likeness (QED) is 0.552. The first-order valence-corrected chi connectivity index (χ1v) is 11.3. The number of para-hydroxylation sites is 2.